The third kappa shape index (κ3) is 2.87. The molecule has 72 valence electrons. The van der Waals surface area contributed by atoms with Gasteiger partial charge in [0.2, 0.25) is 5.96 Å². The molecule has 0 saturated heterocycles. The zero-order chi connectivity index (χ0) is 9.68. The van der Waals surface area contributed by atoms with Gasteiger partial charge in [-0.1, -0.05) is 11.6 Å². The standard InChI is InChI=1S/C7H11ClN4S/c1-10-7(12-9)11-2-5-3-13-4-6(5)8/h3-4H,2,9H2,1H3,(H2,10,11,12). The third-order valence-electron chi connectivity index (χ3n) is 1.50. The van der Waals surface area contributed by atoms with E-state index >= 15 is 0 Å². The second-order valence-electron chi connectivity index (χ2n) is 2.32. The summed E-state index contributed by atoms with van der Waals surface area (Å²) in [5, 5.41) is 7.64. The van der Waals surface area contributed by atoms with Crippen LogP contribution in [-0.4, -0.2) is 13.0 Å². The summed E-state index contributed by atoms with van der Waals surface area (Å²) in [6, 6.07) is 0. The number of nitrogens with zero attached hydrogens (tertiary/aromatic N) is 1. The molecule has 0 saturated carbocycles. The highest BCUT2D eigenvalue weighted by molar-refractivity contribution is 7.08. The van der Waals surface area contributed by atoms with Crippen molar-refractivity contribution >= 4 is 28.9 Å². The van der Waals surface area contributed by atoms with E-state index < -0.39 is 0 Å². The van der Waals surface area contributed by atoms with E-state index in [1.807, 2.05) is 10.8 Å². The molecule has 0 radical (unpaired) electrons. The van der Waals surface area contributed by atoms with Crippen molar-refractivity contribution in [1.82, 2.24) is 10.7 Å². The average molecular weight is 219 g/mol. The molecule has 0 aromatic carbocycles. The molecule has 0 unspecified atom stereocenters. The Morgan fingerprint density at radius 3 is 2.92 bits per heavy atom. The van der Waals surface area contributed by atoms with Crippen LogP contribution < -0.4 is 16.6 Å². The molecule has 0 aliphatic rings. The van der Waals surface area contributed by atoms with Crippen molar-refractivity contribution < 1.29 is 0 Å². The van der Waals surface area contributed by atoms with Crippen molar-refractivity contribution in [3.05, 3.63) is 21.3 Å². The quantitative estimate of drug-likeness (QED) is 0.300. The van der Waals surface area contributed by atoms with Crippen LogP contribution in [0.25, 0.3) is 0 Å². The van der Waals surface area contributed by atoms with E-state index in [-0.39, 0.29) is 0 Å². The monoisotopic (exact) mass is 218 g/mol. The fourth-order valence-electron chi connectivity index (χ4n) is 0.808. The van der Waals surface area contributed by atoms with E-state index in [9.17, 15) is 0 Å². The predicted molar refractivity (Wildman–Crippen MR) is 56.9 cm³/mol. The lowest BCUT2D eigenvalue weighted by atomic mass is 10.3. The molecule has 13 heavy (non-hydrogen) atoms. The number of hydrogen-bond donors (Lipinski definition) is 3. The molecule has 0 bridgehead atoms. The Morgan fingerprint density at radius 2 is 2.46 bits per heavy atom. The fraction of sp³-hybridized carbons (Fsp3) is 0.286. The lowest BCUT2D eigenvalue weighted by Gasteiger charge is -2.06. The summed E-state index contributed by atoms with van der Waals surface area (Å²) in [6.07, 6.45) is 0. The minimum atomic E-state index is 0.544. The highest BCUT2D eigenvalue weighted by Crippen LogP contribution is 2.19. The first kappa shape index (κ1) is 10.3. The minimum absolute atomic E-state index is 0.544. The number of aliphatic imine (C=N–C) groups is 1. The summed E-state index contributed by atoms with van der Waals surface area (Å²) in [6.45, 7) is 0.624. The molecule has 0 aliphatic heterocycles. The van der Waals surface area contributed by atoms with E-state index in [0.717, 1.165) is 10.6 Å². The van der Waals surface area contributed by atoms with E-state index in [1.165, 1.54) is 0 Å². The number of hydrogen-bond acceptors (Lipinski definition) is 3. The smallest absolute Gasteiger partial charge is 0.205 e. The summed E-state index contributed by atoms with van der Waals surface area (Å²) in [4.78, 5) is 3.87. The van der Waals surface area contributed by atoms with Gasteiger partial charge in [0.1, 0.15) is 0 Å². The zero-order valence-electron chi connectivity index (χ0n) is 7.17. The normalized spacial score (nSPS) is 11.5. The molecular formula is C7H11ClN4S. The van der Waals surface area contributed by atoms with Crippen LogP contribution in [0.15, 0.2) is 15.8 Å². The second kappa shape index (κ2) is 5.06. The summed E-state index contributed by atoms with van der Waals surface area (Å²) in [5.74, 6) is 5.73. The lowest BCUT2D eigenvalue weighted by molar-refractivity contribution is 0.843. The first-order valence-electron chi connectivity index (χ1n) is 3.65. The van der Waals surface area contributed by atoms with Crippen LogP contribution in [0.2, 0.25) is 5.02 Å². The van der Waals surface area contributed by atoms with E-state index in [4.69, 9.17) is 17.4 Å². The number of rotatable bonds is 2. The van der Waals surface area contributed by atoms with Gasteiger partial charge in [-0.15, -0.1) is 0 Å². The van der Waals surface area contributed by atoms with E-state index in [1.54, 1.807) is 18.4 Å². The Morgan fingerprint density at radius 1 is 1.69 bits per heavy atom. The van der Waals surface area contributed by atoms with Gasteiger partial charge in [0.15, 0.2) is 0 Å². The first-order valence-corrected chi connectivity index (χ1v) is 4.98. The Kier molecular flexibility index (Phi) is 4.01. The van der Waals surface area contributed by atoms with Gasteiger partial charge in [-0.3, -0.25) is 10.4 Å². The van der Waals surface area contributed by atoms with Gasteiger partial charge in [-0.25, -0.2) is 5.84 Å². The number of guanidine groups is 1. The molecule has 0 atom stereocenters. The molecule has 4 N–H and O–H groups in total. The van der Waals surface area contributed by atoms with Crippen LogP contribution in [0, 0.1) is 0 Å². The van der Waals surface area contributed by atoms with Crippen molar-refractivity contribution in [1.29, 1.82) is 0 Å². The summed E-state index contributed by atoms with van der Waals surface area (Å²) in [7, 11) is 1.65. The molecule has 1 heterocycles. The predicted octanol–water partition coefficient (Wildman–Crippen LogP) is 0.940. The average Bonchev–Trinajstić information content (AvgIpc) is 2.54. The van der Waals surface area contributed by atoms with Gasteiger partial charge in [-0.05, 0) is 5.38 Å². The van der Waals surface area contributed by atoms with Crippen molar-refractivity contribution in [3.63, 3.8) is 0 Å². The van der Waals surface area contributed by atoms with Crippen LogP contribution >= 0.6 is 22.9 Å². The van der Waals surface area contributed by atoms with Gasteiger partial charge in [-0.2, -0.15) is 11.3 Å². The van der Waals surface area contributed by atoms with Gasteiger partial charge in [0, 0.05) is 24.5 Å². The van der Waals surface area contributed by atoms with Gasteiger partial charge >= 0.3 is 0 Å². The highest BCUT2D eigenvalue weighted by Gasteiger charge is 2.01. The topological polar surface area (TPSA) is 62.4 Å². The fourth-order valence-corrected chi connectivity index (χ4v) is 1.86. The number of nitrogens with one attached hydrogen (secondary N) is 2. The maximum Gasteiger partial charge on any atom is 0.205 e. The number of hydrazine groups is 1. The van der Waals surface area contributed by atoms with Crippen molar-refractivity contribution in [2.75, 3.05) is 7.05 Å². The van der Waals surface area contributed by atoms with Crippen LogP contribution in [0.1, 0.15) is 5.56 Å². The molecule has 1 aromatic heterocycles. The Hall–Kier alpha value is -0.780. The Balaban J connectivity index is 2.48. The highest BCUT2D eigenvalue weighted by atomic mass is 35.5. The van der Waals surface area contributed by atoms with Crippen molar-refractivity contribution in [2.45, 2.75) is 6.54 Å². The van der Waals surface area contributed by atoms with Crippen LogP contribution in [0.3, 0.4) is 0 Å². The van der Waals surface area contributed by atoms with E-state index in [0.29, 0.717) is 12.5 Å². The maximum atomic E-state index is 5.89. The molecule has 4 nitrogen and oxygen atoms in total. The largest absolute Gasteiger partial charge is 0.351 e. The SMILES string of the molecule is CN=C(NN)NCc1cscc1Cl. The molecule has 0 aliphatic carbocycles. The van der Waals surface area contributed by atoms with E-state index in [2.05, 4.69) is 15.7 Å². The lowest BCUT2D eigenvalue weighted by Crippen LogP contribution is -2.40. The van der Waals surface area contributed by atoms with Crippen molar-refractivity contribution in [2.24, 2.45) is 10.8 Å². The van der Waals surface area contributed by atoms with Crippen LogP contribution in [-0.2, 0) is 6.54 Å². The minimum Gasteiger partial charge on any atom is -0.351 e. The van der Waals surface area contributed by atoms with Crippen LogP contribution in [0.5, 0.6) is 0 Å². The maximum absolute atomic E-state index is 5.89. The molecular weight excluding hydrogens is 208 g/mol. The summed E-state index contributed by atoms with van der Waals surface area (Å²) >= 11 is 7.46. The number of halogens is 1. The first-order chi connectivity index (χ1) is 6.27. The molecule has 6 heteroatoms. The molecule has 1 rings (SSSR count). The summed E-state index contributed by atoms with van der Waals surface area (Å²) in [5.41, 5.74) is 3.48. The van der Waals surface area contributed by atoms with Gasteiger partial charge in [0.25, 0.3) is 0 Å². The molecule has 1 aromatic rings. The van der Waals surface area contributed by atoms with Gasteiger partial charge in [0.05, 0.1) is 5.02 Å². The third-order valence-corrected chi connectivity index (χ3v) is 2.77. The Labute approximate surface area is 85.8 Å². The second-order valence-corrected chi connectivity index (χ2v) is 3.47. The number of nitrogens with two attached hydrogens (primary N) is 1. The van der Waals surface area contributed by atoms with Crippen molar-refractivity contribution in [3.8, 4) is 0 Å². The van der Waals surface area contributed by atoms with Gasteiger partial charge < -0.3 is 5.32 Å². The van der Waals surface area contributed by atoms with Crippen LogP contribution in [0.4, 0.5) is 0 Å². The molecule has 0 spiro atoms. The molecule has 0 amide bonds. The Bertz CT molecular complexity index is 296. The molecule has 0 fully saturated rings. The zero-order valence-corrected chi connectivity index (χ0v) is 8.75. The summed E-state index contributed by atoms with van der Waals surface area (Å²) < 4.78 is 0. The number of thiophene rings is 1.